The Kier molecular flexibility index (Phi) is 10.5. The molecule has 0 rings (SSSR count). The van der Waals surface area contributed by atoms with Crippen molar-refractivity contribution in [2.24, 2.45) is 11.7 Å². The van der Waals surface area contributed by atoms with Crippen LogP contribution in [0.4, 0.5) is 0 Å². The molecule has 3 heteroatoms. The molecule has 0 aliphatic rings. The maximum Gasteiger partial charge on any atom is 0.303 e. The fourth-order valence-corrected chi connectivity index (χ4v) is 2.03. The summed E-state index contributed by atoms with van der Waals surface area (Å²) in [6, 6.07) is 0. The lowest BCUT2D eigenvalue weighted by Crippen LogP contribution is -2.10. The van der Waals surface area contributed by atoms with E-state index in [1.54, 1.807) is 0 Å². The van der Waals surface area contributed by atoms with Gasteiger partial charge in [0.05, 0.1) is 0 Å². The van der Waals surface area contributed by atoms with Crippen LogP contribution in [0.5, 0.6) is 0 Å². The Labute approximate surface area is 99.4 Å². The van der Waals surface area contributed by atoms with Gasteiger partial charge in [0.15, 0.2) is 0 Å². The highest BCUT2D eigenvalue weighted by Crippen LogP contribution is 2.19. The molecule has 0 aliphatic heterocycles. The van der Waals surface area contributed by atoms with Crippen LogP contribution in [-0.2, 0) is 4.79 Å². The third-order valence-electron chi connectivity index (χ3n) is 3.06. The molecule has 0 amide bonds. The largest absolute Gasteiger partial charge is 0.481 e. The maximum absolute atomic E-state index is 10.5. The number of carboxylic acid groups (broad SMARTS) is 1. The molecule has 3 nitrogen and oxygen atoms in total. The van der Waals surface area contributed by atoms with Gasteiger partial charge in [-0.25, -0.2) is 0 Å². The van der Waals surface area contributed by atoms with Gasteiger partial charge in [0, 0.05) is 6.42 Å². The van der Waals surface area contributed by atoms with Gasteiger partial charge in [0.25, 0.3) is 0 Å². The van der Waals surface area contributed by atoms with Crippen molar-refractivity contribution >= 4 is 5.97 Å². The molecule has 0 aromatic carbocycles. The second kappa shape index (κ2) is 10.9. The topological polar surface area (TPSA) is 63.3 Å². The highest BCUT2D eigenvalue weighted by molar-refractivity contribution is 5.66. The summed E-state index contributed by atoms with van der Waals surface area (Å²) in [5.74, 6) is -0.171. The number of aliphatic carboxylic acids is 1. The Balaban J connectivity index is 3.55. The first-order valence-corrected chi connectivity index (χ1v) is 6.62. The highest BCUT2D eigenvalue weighted by atomic mass is 16.4. The van der Waals surface area contributed by atoms with E-state index >= 15 is 0 Å². The van der Waals surface area contributed by atoms with Gasteiger partial charge < -0.3 is 10.8 Å². The lowest BCUT2D eigenvalue weighted by molar-refractivity contribution is -0.137. The average molecular weight is 229 g/mol. The zero-order valence-electron chi connectivity index (χ0n) is 10.6. The molecule has 0 aliphatic carbocycles. The van der Waals surface area contributed by atoms with E-state index in [4.69, 9.17) is 10.8 Å². The number of hydrogen-bond donors (Lipinski definition) is 2. The van der Waals surface area contributed by atoms with Gasteiger partial charge in [-0.15, -0.1) is 0 Å². The fourth-order valence-electron chi connectivity index (χ4n) is 2.03. The van der Waals surface area contributed by atoms with Gasteiger partial charge >= 0.3 is 5.97 Å². The van der Waals surface area contributed by atoms with Crippen LogP contribution in [0.15, 0.2) is 0 Å². The summed E-state index contributed by atoms with van der Waals surface area (Å²) in [7, 11) is 0. The maximum atomic E-state index is 10.5. The van der Waals surface area contributed by atoms with Crippen molar-refractivity contribution in [3.63, 3.8) is 0 Å². The first kappa shape index (κ1) is 15.4. The second-order valence-corrected chi connectivity index (χ2v) is 4.58. The lowest BCUT2D eigenvalue weighted by Gasteiger charge is -2.14. The van der Waals surface area contributed by atoms with Crippen LogP contribution in [0.2, 0.25) is 0 Å². The SMILES string of the molecule is CCCCCCCC(CCN)CCC(=O)O. The van der Waals surface area contributed by atoms with Crippen molar-refractivity contribution in [3.8, 4) is 0 Å². The van der Waals surface area contributed by atoms with E-state index < -0.39 is 5.97 Å². The third-order valence-corrected chi connectivity index (χ3v) is 3.06. The molecule has 0 spiro atoms. The molecule has 0 aromatic rings. The summed E-state index contributed by atoms with van der Waals surface area (Å²) >= 11 is 0. The van der Waals surface area contributed by atoms with Crippen LogP contribution < -0.4 is 5.73 Å². The molecule has 1 atom stereocenters. The molecule has 1 unspecified atom stereocenters. The van der Waals surface area contributed by atoms with Crippen LogP contribution in [0.3, 0.4) is 0 Å². The Morgan fingerprint density at radius 3 is 2.38 bits per heavy atom. The van der Waals surface area contributed by atoms with Crippen LogP contribution in [0.25, 0.3) is 0 Å². The molecule has 3 N–H and O–H groups in total. The summed E-state index contributed by atoms with van der Waals surface area (Å²) < 4.78 is 0. The monoisotopic (exact) mass is 229 g/mol. The van der Waals surface area contributed by atoms with Crippen LogP contribution >= 0.6 is 0 Å². The summed E-state index contributed by atoms with van der Waals surface area (Å²) in [6.07, 6.45) is 9.61. The normalized spacial score (nSPS) is 12.6. The van der Waals surface area contributed by atoms with Gasteiger partial charge in [0.1, 0.15) is 0 Å². The van der Waals surface area contributed by atoms with E-state index in [2.05, 4.69) is 6.92 Å². The van der Waals surface area contributed by atoms with Crippen molar-refractivity contribution in [2.45, 2.75) is 64.7 Å². The van der Waals surface area contributed by atoms with Crippen LogP contribution in [0.1, 0.15) is 64.7 Å². The molecule has 0 aromatic heterocycles. The van der Waals surface area contributed by atoms with Crippen molar-refractivity contribution in [2.75, 3.05) is 6.54 Å². The quantitative estimate of drug-likeness (QED) is 0.535. The molecular formula is C13H27NO2. The smallest absolute Gasteiger partial charge is 0.303 e. The summed E-state index contributed by atoms with van der Waals surface area (Å²) in [4.78, 5) is 10.5. The van der Waals surface area contributed by atoms with E-state index in [1.807, 2.05) is 0 Å². The Bertz CT molecular complexity index is 171. The molecular weight excluding hydrogens is 202 g/mol. The fraction of sp³-hybridized carbons (Fsp3) is 0.923. The van der Waals surface area contributed by atoms with E-state index in [1.165, 1.54) is 32.1 Å². The number of carbonyl (C=O) groups is 1. The molecule has 0 radical (unpaired) electrons. The zero-order chi connectivity index (χ0) is 12.2. The van der Waals surface area contributed by atoms with Crippen molar-refractivity contribution in [3.05, 3.63) is 0 Å². The number of unbranched alkanes of at least 4 members (excludes halogenated alkanes) is 4. The number of carboxylic acids is 1. The van der Waals surface area contributed by atoms with Crippen LogP contribution in [0, 0.1) is 5.92 Å². The average Bonchev–Trinajstić information content (AvgIpc) is 2.25. The second-order valence-electron chi connectivity index (χ2n) is 4.58. The molecule has 0 saturated carbocycles. The predicted molar refractivity (Wildman–Crippen MR) is 67.4 cm³/mol. The van der Waals surface area contributed by atoms with Crippen molar-refractivity contribution in [1.29, 1.82) is 0 Å². The summed E-state index contributed by atoms with van der Waals surface area (Å²) in [5, 5.41) is 8.64. The minimum absolute atomic E-state index is 0.291. The Hall–Kier alpha value is -0.570. The molecule has 0 heterocycles. The highest BCUT2D eigenvalue weighted by Gasteiger charge is 2.09. The lowest BCUT2D eigenvalue weighted by atomic mass is 9.93. The number of hydrogen-bond acceptors (Lipinski definition) is 2. The minimum Gasteiger partial charge on any atom is -0.481 e. The van der Waals surface area contributed by atoms with Crippen molar-refractivity contribution in [1.82, 2.24) is 0 Å². The van der Waals surface area contributed by atoms with Gasteiger partial charge in [-0.1, -0.05) is 45.4 Å². The summed E-state index contributed by atoms with van der Waals surface area (Å²) in [6.45, 7) is 2.89. The standard InChI is InChI=1S/C13H27NO2/c1-2-3-4-5-6-7-12(10-11-14)8-9-13(15)16/h12H,2-11,14H2,1H3,(H,15,16). The van der Waals surface area contributed by atoms with Gasteiger partial charge in [-0.2, -0.15) is 0 Å². The first-order valence-electron chi connectivity index (χ1n) is 6.62. The molecule has 0 bridgehead atoms. The predicted octanol–water partition coefficient (Wildman–Crippen LogP) is 3.18. The van der Waals surface area contributed by atoms with Crippen LogP contribution in [-0.4, -0.2) is 17.6 Å². The third kappa shape index (κ3) is 9.97. The van der Waals surface area contributed by atoms with E-state index in [0.717, 1.165) is 19.3 Å². The van der Waals surface area contributed by atoms with E-state index in [-0.39, 0.29) is 0 Å². The van der Waals surface area contributed by atoms with Crippen molar-refractivity contribution < 1.29 is 9.90 Å². The molecule has 96 valence electrons. The zero-order valence-corrected chi connectivity index (χ0v) is 10.6. The Morgan fingerprint density at radius 1 is 1.12 bits per heavy atom. The summed E-state index contributed by atoms with van der Waals surface area (Å²) in [5.41, 5.74) is 5.54. The molecule has 16 heavy (non-hydrogen) atoms. The van der Waals surface area contributed by atoms with Gasteiger partial charge in [0.2, 0.25) is 0 Å². The Morgan fingerprint density at radius 2 is 1.81 bits per heavy atom. The number of nitrogens with two attached hydrogens (primary N) is 1. The number of rotatable bonds is 11. The first-order chi connectivity index (χ1) is 7.70. The minimum atomic E-state index is -0.687. The van der Waals surface area contributed by atoms with E-state index in [0.29, 0.717) is 18.9 Å². The van der Waals surface area contributed by atoms with Gasteiger partial charge in [-0.05, 0) is 25.3 Å². The van der Waals surface area contributed by atoms with E-state index in [9.17, 15) is 4.79 Å². The van der Waals surface area contributed by atoms with Gasteiger partial charge in [-0.3, -0.25) is 4.79 Å². The molecule has 0 fully saturated rings. The molecule has 0 saturated heterocycles.